The molecule has 1 aromatic carbocycles. The Bertz CT molecular complexity index is 455. The van der Waals surface area contributed by atoms with E-state index in [2.05, 4.69) is 21.1 Å². The molecule has 66 valence electrons. The average Bonchev–Trinajstić information content (AvgIpc) is 2.53. The SMILES string of the molecule is O=c1cc(-c2ccc(Br)cc2)o[nH]1. The molecule has 0 atom stereocenters. The van der Waals surface area contributed by atoms with Crippen molar-refractivity contribution in [3.05, 3.63) is 45.2 Å². The molecule has 0 saturated heterocycles. The zero-order chi connectivity index (χ0) is 9.26. The van der Waals surface area contributed by atoms with Gasteiger partial charge >= 0.3 is 0 Å². The molecule has 0 radical (unpaired) electrons. The first kappa shape index (κ1) is 8.31. The molecule has 0 bridgehead atoms. The molecular weight excluding hydrogens is 234 g/mol. The van der Waals surface area contributed by atoms with Crippen molar-refractivity contribution in [1.29, 1.82) is 0 Å². The van der Waals surface area contributed by atoms with E-state index in [1.807, 2.05) is 24.3 Å². The number of hydrogen-bond donors (Lipinski definition) is 1. The third-order valence-electron chi connectivity index (χ3n) is 1.65. The summed E-state index contributed by atoms with van der Waals surface area (Å²) in [5.74, 6) is 0.553. The van der Waals surface area contributed by atoms with Gasteiger partial charge in [0.1, 0.15) is 0 Å². The normalized spacial score (nSPS) is 10.2. The summed E-state index contributed by atoms with van der Waals surface area (Å²) in [6.07, 6.45) is 0. The van der Waals surface area contributed by atoms with Gasteiger partial charge in [0, 0.05) is 10.0 Å². The van der Waals surface area contributed by atoms with E-state index in [1.54, 1.807) is 0 Å². The Morgan fingerprint density at radius 1 is 1.23 bits per heavy atom. The Morgan fingerprint density at radius 3 is 2.46 bits per heavy atom. The molecule has 1 aromatic heterocycles. The fourth-order valence-electron chi connectivity index (χ4n) is 1.04. The summed E-state index contributed by atoms with van der Waals surface area (Å²) < 4.78 is 5.93. The number of rotatable bonds is 1. The van der Waals surface area contributed by atoms with Crippen LogP contribution in [0.5, 0.6) is 0 Å². The minimum atomic E-state index is -0.224. The second-order valence-electron chi connectivity index (χ2n) is 2.58. The molecule has 1 heterocycles. The van der Waals surface area contributed by atoms with Crippen LogP contribution in [0.3, 0.4) is 0 Å². The lowest BCUT2D eigenvalue weighted by Crippen LogP contribution is -1.92. The quantitative estimate of drug-likeness (QED) is 0.831. The van der Waals surface area contributed by atoms with Crippen molar-refractivity contribution in [3.8, 4) is 11.3 Å². The topological polar surface area (TPSA) is 46.0 Å². The maximum Gasteiger partial charge on any atom is 0.280 e. The number of nitrogens with one attached hydrogen (secondary N) is 1. The first-order valence-electron chi connectivity index (χ1n) is 3.70. The van der Waals surface area contributed by atoms with Gasteiger partial charge < -0.3 is 4.52 Å². The van der Waals surface area contributed by atoms with Gasteiger partial charge in [-0.3, -0.25) is 4.79 Å². The van der Waals surface area contributed by atoms with Crippen molar-refractivity contribution in [3.63, 3.8) is 0 Å². The fourth-order valence-corrected chi connectivity index (χ4v) is 1.30. The Hall–Kier alpha value is -1.29. The predicted molar refractivity (Wildman–Crippen MR) is 52.5 cm³/mol. The second kappa shape index (κ2) is 3.22. The summed E-state index contributed by atoms with van der Waals surface area (Å²) in [5.41, 5.74) is 0.652. The summed E-state index contributed by atoms with van der Waals surface area (Å²) in [7, 11) is 0. The molecule has 0 aliphatic carbocycles. The lowest BCUT2D eigenvalue weighted by atomic mass is 10.2. The van der Waals surface area contributed by atoms with E-state index >= 15 is 0 Å². The van der Waals surface area contributed by atoms with Gasteiger partial charge in [-0.1, -0.05) is 28.1 Å². The van der Waals surface area contributed by atoms with Crippen LogP contribution in [-0.4, -0.2) is 5.16 Å². The largest absolute Gasteiger partial charge is 0.378 e. The minimum absolute atomic E-state index is 0.224. The van der Waals surface area contributed by atoms with E-state index in [4.69, 9.17) is 4.52 Å². The molecule has 0 saturated carbocycles. The first-order valence-corrected chi connectivity index (χ1v) is 4.49. The Labute approximate surface area is 82.5 Å². The van der Waals surface area contributed by atoms with E-state index in [9.17, 15) is 4.79 Å². The van der Waals surface area contributed by atoms with Gasteiger partial charge in [0.05, 0.1) is 6.07 Å². The minimum Gasteiger partial charge on any atom is -0.378 e. The number of aromatic amines is 1. The zero-order valence-electron chi connectivity index (χ0n) is 6.58. The first-order chi connectivity index (χ1) is 6.25. The van der Waals surface area contributed by atoms with E-state index in [-0.39, 0.29) is 5.56 Å². The van der Waals surface area contributed by atoms with Crippen LogP contribution in [-0.2, 0) is 0 Å². The molecule has 4 heteroatoms. The van der Waals surface area contributed by atoms with Crippen molar-refractivity contribution in [2.45, 2.75) is 0 Å². The van der Waals surface area contributed by atoms with Crippen LogP contribution in [0.25, 0.3) is 11.3 Å². The zero-order valence-corrected chi connectivity index (χ0v) is 8.17. The lowest BCUT2D eigenvalue weighted by Gasteiger charge is -1.94. The van der Waals surface area contributed by atoms with Crippen LogP contribution >= 0.6 is 15.9 Å². The van der Waals surface area contributed by atoms with Crippen molar-refractivity contribution >= 4 is 15.9 Å². The van der Waals surface area contributed by atoms with E-state index < -0.39 is 0 Å². The van der Waals surface area contributed by atoms with Crippen molar-refractivity contribution in [1.82, 2.24) is 5.16 Å². The van der Waals surface area contributed by atoms with Crippen LogP contribution in [0.4, 0.5) is 0 Å². The van der Waals surface area contributed by atoms with Crippen LogP contribution in [0.2, 0.25) is 0 Å². The van der Waals surface area contributed by atoms with Crippen LogP contribution in [0.1, 0.15) is 0 Å². The Balaban J connectivity index is 2.47. The van der Waals surface area contributed by atoms with Gasteiger partial charge in [0.25, 0.3) is 5.56 Å². The number of halogens is 1. The highest BCUT2D eigenvalue weighted by Gasteiger charge is 2.01. The highest BCUT2D eigenvalue weighted by molar-refractivity contribution is 9.10. The summed E-state index contributed by atoms with van der Waals surface area (Å²) in [6, 6.07) is 8.94. The summed E-state index contributed by atoms with van der Waals surface area (Å²) in [6.45, 7) is 0. The molecular formula is C9H6BrNO2. The summed E-state index contributed by atoms with van der Waals surface area (Å²) in [5, 5.41) is 2.24. The average molecular weight is 240 g/mol. The Morgan fingerprint density at radius 2 is 1.92 bits per heavy atom. The molecule has 2 aromatic rings. The van der Waals surface area contributed by atoms with Gasteiger partial charge in [-0.15, -0.1) is 0 Å². The van der Waals surface area contributed by atoms with Gasteiger partial charge in [0.15, 0.2) is 5.76 Å². The predicted octanol–water partition coefficient (Wildman–Crippen LogP) is 2.40. The number of hydrogen-bond acceptors (Lipinski definition) is 2. The fraction of sp³-hybridized carbons (Fsp3) is 0. The van der Waals surface area contributed by atoms with Crippen LogP contribution < -0.4 is 5.56 Å². The molecule has 3 nitrogen and oxygen atoms in total. The molecule has 2 rings (SSSR count). The lowest BCUT2D eigenvalue weighted by molar-refractivity contribution is 0.426. The molecule has 0 amide bonds. The molecule has 0 unspecified atom stereocenters. The number of aromatic nitrogens is 1. The summed E-state index contributed by atoms with van der Waals surface area (Å²) >= 11 is 3.32. The van der Waals surface area contributed by atoms with Gasteiger partial charge in [-0.2, -0.15) is 5.16 Å². The van der Waals surface area contributed by atoms with Crippen LogP contribution in [0, 0.1) is 0 Å². The van der Waals surface area contributed by atoms with E-state index in [0.717, 1.165) is 10.0 Å². The van der Waals surface area contributed by atoms with E-state index in [1.165, 1.54) is 6.07 Å². The standard InChI is InChI=1S/C9H6BrNO2/c10-7-3-1-6(2-4-7)8-5-9(12)11-13-8/h1-5H,(H,11,12). The van der Waals surface area contributed by atoms with Crippen molar-refractivity contribution in [2.24, 2.45) is 0 Å². The maximum atomic E-state index is 10.8. The van der Waals surface area contributed by atoms with Crippen molar-refractivity contribution in [2.75, 3.05) is 0 Å². The smallest absolute Gasteiger partial charge is 0.280 e. The third kappa shape index (κ3) is 1.72. The number of benzene rings is 1. The molecule has 0 aliphatic rings. The highest BCUT2D eigenvalue weighted by atomic mass is 79.9. The maximum absolute atomic E-state index is 10.8. The molecule has 1 N–H and O–H groups in total. The van der Waals surface area contributed by atoms with Crippen molar-refractivity contribution < 1.29 is 4.52 Å². The van der Waals surface area contributed by atoms with Gasteiger partial charge in [0.2, 0.25) is 0 Å². The molecule has 0 fully saturated rings. The third-order valence-corrected chi connectivity index (χ3v) is 2.18. The number of H-pyrrole nitrogens is 1. The van der Waals surface area contributed by atoms with Gasteiger partial charge in [-0.25, -0.2) is 0 Å². The van der Waals surface area contributed by atoms with Gasteiger partial charge in [-0.05, 0) is 12.1 Å². The molecule has 0 aliphatic heterocycles. The highest BCUT2D eigenvalue weighted by Crippen LogP contribution is 2.19. The summed E-state index contributed by atoms with van der Waals surface area (Å²) in [4.78, 5) is 10.8. The second-order valence-corrected chi connectivity index (χ2v) is 3.50. The van der Waals surface area contributed by atoms with Crippen LogP contribution in [0.15, 0.2) is 44.1 Å². The molecule has 0 spiro atoms. The Kier molecular flexibility index (Phi) is 2.06. The monoisotopic (exact) mass is 239 g/mol. The molecule has 13 heavy (non-hydrogen) atoms. The van der Waals surface area contributed by atoms with E-state index in [0.29, 0.717) is 5.76 Å².